The largest absolute Gasteiger partial charge is 0.755 e. The molecule has 1 amide bonds. The number of benzene rings is 3. The van der Waals surface area contributed by atoms with Gasteiger partial charge in [-0.05, 0) is 72.4 Å². The normalized spacial score (nSPS) is 14.2. The van der Waals surface area contributed by atoms with Gasteiger partial charge in [0.1, 0.15) is 17.2 Å². The number of amides is 1. The zero-order valence-corrected chi connectivity index (χ0v) is 21.1. The smallest absolute Gasteiger partial charge is 0.255 e. The summed E-state index contributed by atoms with van der Waals surface area (Å²) < 4.78 is 46.6. The number of nitrogens with one attached hydrogen (secondary N) is 1. The highest BCUT2D eigenvalue weighted by Crippen LogP contribution is 2.48. The summed E-state index contributed by atoms with van der Waals surface area (Å²) in [5.41, 5.74) is 3.49. The van der Waals surface area contributed by atoms with Gasteiger partial charge in [0.25, 0.3) is 5.91 Å². The van der Waals surface area contributed by atoms with Gasteiger partial charge < -0.3 is 14.3 Å². The van der Waals surface area contributed by atoms with E-state index >= 15 is 0 Å². The maximum absolute atomic E-state index is 13.5. The monoisotopic (exact) mass is 555 g/mol. The van der Waals surface area contributed by atoms with E-state index in [1.54, 1.807) is 18.2 Å². The van der Waals surface area contributed by atoms with Gasteiger partial charge in [0, 0.05) is 39.8 Å². The summed E-state index contributed by atoms with van der Waals surface area (Å²) in [7, 11) is 1.53. The van der Waals surface area contributed by atoms with Crippen molar-refractivity contribution >= 4 is 49.8 Å². The molecule has 0 bridgehead atoms. The third-order valence-electron chi connectivity index (χ3n) is 6.10. The molecule has 1 heterocycles. The topological polar surface area (TPSA) is 85.6 Å². The number of furan rings is 1. The van der Waals surface area contributed by atoms with Crippen LogP contribution in [0.1, 0.15) is 40.2 Å². The van der Waals surface area contributed by atoms with E-state index in [0.717, 1.165) is 28.4 Å². The van der Waals surface area contributed by atoms with E-state index in [9.17, 15) is 17.9 Å². The molecule has 1 fully saturated rings. The Bertz CT molecular complexity index is 1430. The minimum Gasteiger partial charge on any atom is -0.755 e. The fourth-order valence-electron chi connectivity index (χ4n) is 4.22. The van der Waals surface area contributed by atoms with Crippen LogP contribution in [0.25, 0.3) is 22.3 Å². The molecule has 0 aliphatic heterocycles. The Balaban J connectivity index is 1.69. The third kappa shape index (κ3) is 4.76. The lowest BCUT2D eigenvalue weighted by atomic mass is 10.00. The second-order valence-electron chi connectivity index (χ2n) is 8.45. The number of hydrogen-bond donors (Lipinski definition) is 1. The van der Waals surface area contributed by atoms with Gasteiger partial charge >= 0.3 is 0 Å². The average molecular weight is 556 g/mol. The molecule has 0 saturated heterocycles. The molecule has 5 rings (SSSR count). The molecule has 6 nitrogen and oxygen atoms in total. The molecule has 1 aromatic heterocycles. The van der Waals surface area contributed by atoms with Crippen molar-refractivity contribution in [2.45, 2.75) is 25.3 Å². The fourth-order valence-corrected chi connectivity index (χ4v) is 5.05. The average Bonchev–Trinajstić information content (AvgIpc) is 3.63. The van der Waals surface area contributed by atoms with Crippen LogP contribution in [0.5, 0.6) is 0 Å². The summed E-state index contributed by atoms with van der Waals surface area (Å²) >= 11 is 0.860. The van der Waals surface area contributed by atoms with Crippen LogP contribution in [0.2, 0.25) is 0 Å². The van der Waals surface area contributed by atoms with Gasteiger partial charge in [-0.1, -0.05) is 28.1 Å². The standard InChI is InChI=1S/C26H22BrFN2O4S/c1-29-26(31)24-21-12-20(16-4-5-16)22(30(35(32)33)14-15-2-8-18(27)9-3-15)13-23(21)34-25(24)17-6-10-19(28)11-7-17/h2-3,6-13,16H,4-5,14H2,1H3,(H,29,31)(H,32,33)/p-1. The minimum atomic E-state index is -2.54. The van der Waals surface area contributed by atoms with Crippen LogP contribution in [0.15, 0.2) is 69.6 Å². The Morgan fingerprint density at radius 1 is 1.17 bits per heavy atom. The Kier molecular flexibility index (Phi) is 6.48. The molecule has 0 spiro atoms. The summed E-state index contributed by atoms with van der Waals surface area (Å²) in [5, 5.41) is 3.24. The summed E-state index contributed by atoms with van der Waals surface area (Å²) in [6.45, 7) is 0.155. The van der Waals surface area contributed by atoms with E-state index in [0.29, 0.717) is 33.5 Å². The van der Waals surface area contributed by atoms with Crippen molar-refractivity contribution < 1.29 is 22.4 Å². The molecule has 1 saturated carbocycles. The fraction of sp³-hybridized carbons (Fsp3) is 0.192. The molecule has 1 unspecified atom stereocenters. The maximum atomic E-state index is 13.5. The van der Waals surface area contributed by atoms with E-state index in [-0.39, 0.29) is 18.4 Å². The molecule has 4 aromatic rings. The van der Waals surface area contributed by atoms with Crippen molar-refractivity contribution in [3.05, 3.63) is 87.6 Å². The molecular formula is C26H21BrFN2O4S-. The van der Waals surface area contributed by atoms with Gasteiger partial charge in [-0.25, -0.2) is 4.39 Å². The van der Waals surface area contributed by atoms with Gasteiger partial charge in [-0.15, -0.1) is 0 Å². The number of halogens is 2. The second kappa shape index (κ2) is 9.56. The van der Waals surface area contributed by atoms with E-state index in [1.165, 1.54) is 23.5 Å². The lowest BCUT2D eigenvalue weighted by Gasteiger charge is -2.28. The second-order valence-corrected chi connectivity index (χ2v) is 10.2. The summed E-state index contributed by atoms with van der Waals surface area (Å²) in [4.78, 5) is 12.9. The summed E-state index contributed by atoms with van der Waals surface area (Å²) in [6.07, 6.45) is 1.88. The highest BCUT2D eigenvalue weighted by molar-refractivity contribution is 9.10. The summed E-state index contributed by atoms with van der Waals surface area (Å²) in [6, 6.07) is 16.7. The van der Waals surface area contributed by atoms with Gasteiger partial charge in [0.15, 0.2) is 0 Å². The van der Waals surface area contributed by atoms with E-state index in [4.69, 9.17) is 4.42 Å². The first-order chi connectivity index (χ1) is 16.9. The first-order valence-electron chi connectivity index (χ1n) is 11.1. The number of hydrogen-bond acceptors (Lipinski definition) is 4. The van der Waals surface area contributed by atoms with Gasteiger partial charge in [0.2, 0.25) is 0 Å². The molecule has 1 aliphatic carbocycles. The molecular weight excluding hydrogens is 535 g/mol. The highest BCUT2D eigenvalue weighted by Gasteiger charge is 2.31. The predicted octanol–water partition coefficient (Wildman–Crippen LogP) is 6.04. The molecule has 0 radical (unpaired) electrons. The van der Waals surface area contributed by atoms with Gasteiger partial charge in [0.05, 0.1) is 17.8 Å². The predicted molar refractivity (Wildman–Crippen MR) is 136 cm³/mol. The summed E-state index contributed by atoms with van der Waals surface area (Å²) in [5.74, 6) is -0.226. The van der Waals surface area contributed by atoms with E-state index in [1.807, 2.05) is 30.3 Å². The molecule has 35 heavy (non-hydrogen) atoms. The molecule has 1 atom stereocenters. The van der Waals surface area contributed by atoms with Crippen LogP contribution in [-0.2, 0) is 17.8 Å². The Labute approximate surface area is 212 Å². The van der Waals surface area contributed by atoms with Crippen molar-refractivity contribution in [1.82, 2.24) is 5.32 Å². The number of carbonyl (C=O) groups is 1. The van der Waals surface area contributed by atoms with Crippen LogP contribution >= 0.6 is 15.9 Å². The molecule has 3 aromatic carbocycles. The van der Waals surface area contributed by atoms with Crippen molar-refractivity contribution in [3.63, 3.8) is 0 Å². The highest BCUT2D eigenvalue weighted by atomic mass is 79.9. The first-order valence-corrected chi connectivity index (χ1v) is 12.9. The molecule has 180 valence electrons. The van der Waals surface area contributed by atoms with Crippen molar-refractivity contribution in [2.24, 2.45) is 0 Å². The van der Waals surface area contributed by atoms with Crippen molar-refractivity contribution in [1.29, 1.82) is 0 Å². The van der Waals surface area contributed by atoms with Crippen LogP contribution in [0.3, 0.4) is 0 Å². The zero-order chi connectivity index (χ0) is 24.7. The lowest BCUT2D eigenvalue weighted by Crippen LogP contribution is -2.26. The maximum Gasteiger partial charge on any atom is 0.255 e. The van der Waals surface area contributed by atoms with Crippen LogP contribution in [0.4, 0.5) is 10.1 Å². The zero-order valence-electron chi connectivity index (χ0n) is 18.7. The van der Waals surface area contributed by atoms with E-state index in [2.05, 4.69) is 21.2 Å². The number of rotatable bonds is 7. The lowest BCUT2D eigenvalue weighted by molar-refractivity contribution is 0.0964. The molecule has 9 heteroatoms. The number of fused-ring (bicyclic) bond motifs is 1. The van der Waals surface area contributed by atoms with Crippen LogP contribution in [-0.4, -0.2) is 21.7 Å². The van der Waals surface area contributed by atoms with E-state index < -0.39 is 17.1 Å². The van der Waals surface area contributed by atoms with Gasteiger partial charge in [-0.2, -0.15) is 0 Å². The number of anilines is 1. The number of nitrogens with zero attached hydrogens (tertiary/aromatic N) is 1. The Morgan fingerprint density at radius 2 is 1.86 bits per heavy atom. The quantitative estimate of drug-likeness (QED) is 0.282. The molecule has 1 N–H and O–H groups in total. The third-order valence-corrected chi connectivity index (χ3v) is 7.32. The molecule has 1 aliphatic rings. The van der Waals surface area contributed by atoms with Gasteiger partial charge in [-0.3, -0.25) is 13.3 Å². The first kappa shape index (κ1) is 23.7. The van der Waals surface area contributed by atoms with Crippen molar-refractivity contribution in [3.8, 4) is 11.3 Å². The van der Waals surface area contributed by atoms with Crippen LogP contribution in [0, 0.1) is 5.82 Å². The Morgan fingerprint density at radius 3 is 2.46 bits per heavy atom. The SMILES string of the molecule is CNC(=O)c1c(-c2ccc(F)cc2)oc2cc(N(Cc3ccc(Br)cc3)S(=O)[O-])c(C3CC3)cc12. The van der Waals surface area contributed by atoms with Crippen LogP contribution < -0.4 is 9.62 Å². The Hall–Kier alpha value is -3.01. The minimum absolute atomic E-state index is 0.155. The number of carbonyl (C=O) groups excluding carboxylic acids is 1. The van der Waals surface area contributed by atoms with Crippen molar-refractivity contribution in [2.75, 3.05) is 11.4 Å².